The molecule has 0 aliphatic heterocycles. The number of imidazole rings is 1. The predicted octanol–water partition coefficient (Wildman–Crippen LogP) is 3.48. The number of amides is 1. The quantitative estimate of drug-likeness (QED) is 0.772. The van der Waals surface area contributed by atoms with Crippen molar-refractivity contribution in [3.05, 3.63) is 52.7 Å². The maximum absolute atomic E-state index is 12.5. The van der Waals surface area contributed by atoms with Gasteiger partial charge in [-0.25, -0.2) is 4.98 Å². The van der Waals surface area contributed by atoms with Crippen molar-refractivity contribution < 1.29 is 4.79 Å². The van der Waals surface area contributed by atoms with Crippen molar-refractivity contribution in [2.24, 2.45) is 0 Å². The molecule has 3 aromatic rings. The third-order valence-corrected chi connectivity index (χ3v) is 4.76. The highest BCUT2D eigenvalue weighted by Gasteiger charge is 2.17. The molecule has 1 unspecified atom stereocenters. The van der Waals surface area contributed by atoms with E-state index in [1.807, 2.05) is 24.6 Å². The molecule has 0 spiro atoms. The Labute approximate surface area is 142 Å². The summed E-state index contributed by atoms with van der Waals surface area (Å²) in [6.45, 7) is 10.6. The van der Waals surface area contributed by atoms with Crippen LogP contribution in [0.4, 0.5) is 0 Å². The number of hydrogen-bond donors (Lipinski definition) is 2. The molecule has 24 heavy (non-hydrogen) atoms. The second-order valence-corrected chi connectivity index (χ2v) is 6.50. The summed E-state index contributed by atoms with van der Waals surface area (Å²) in [5, 5.41) is 4.29. The van der Waals surface area contributed by atoms with Gasteiger partial charge in [0.1, 0.15) is 11.9 Å². The third-order valence-electron chi connectivity index (χ3n) is 4.76. The molecule has 0 aliphatic rings. The summed E-state index contributed by atoms with van der Waals surface area (Å²) in [6, 6.07) is 4.04. The summed E-state index contributed by atoms with van der Waals surface area (Å²) >= 11 is 0. The maximum Gasteiger partial charge on any atom is 0.243 e. The van der Waals surface area contributed by atoms with Gasteiger partial charge in [0.2, 0.25) is 5.91 Å². The molecule has 5 nitrogen and oxygen atoms in total. The first-order chi connectivity index (χ1) is 11.4. The topological polar surface area (TPSA) is 62.7 Å². The van der Waals surface area contributed by atoms with Crippen LogP contribution in [-0.2, 0) is 11.3 Å². The molecule has 1 atom stereocenters. The van der Waals surface area contributed by atoms with Crippen LogP contribution >= 0.6 is 0 Å². The smallest absolute Gasteiger partial charge is 0.243 e. The number of nitrogens with zero attached hydrogens (tertiary/aromatic N) is 2. The number of aromatic nitrogens is 3. The Morgan fingerprint density at radius 3 is 2.71 bits per heavy atom. The summed E-state index contributed by atoms with van der Waals surface area (Å²) in [6.07, 6.45) is 3.55. The molecule has 1 aromatic carbocycles. The molecule has 2 aromatic heterocycles. The Morgan fingerprint density at radius 1 is 1.29 bits per heavy atom. The zero-order valence-electron chi connectivity index (χ0n) is 14.9. The minimum Gasteiger partial charge on any atom is -0.358 e. The fourth-order valence-electron chi connectivity index (χ4n) is 3.18. The van der Waals surface area contributed by atoms with Crippen LogP contribution in [0.1, 0.15) is 41.2 Å². The Bertz CT molecular complexity index is 904. The number of aryl methyl sites for hydroxylation is 4. The van der Waals surface area contributed by atoms with E-state index in [9.17, 15) is 4.79 Å². The van der Waals surface area contributed by atoms with E-state index in [0.29, 0.717) is 6.54 Å². The van der Waals surface area contributed by atoms with Crippen molar-refractivity contribution >= 4 is 16.8 Å². The van der Waals surface area contributed by atoms with Gasteiger partial charge < -0.3 is 14.9 Å². The number of aromatic amines is 1. The number of carbonyl (C=O) groups is 1. The van der Waals surface area contributed by atoms with Gasteiger partial charge in [-0.15, -0.1) is 0 Å². The van der Waals surface area contributed by atoms with E-state index in [1.165, 1.54) is 22.2 Å². The normalized spacial score (nSPS) is 12.5. The van der Waals surface area contributed by atoms with Crippen LogP contribution < -0.4 is 5.32 Å². The van der Waals surface area contributed by atoms with Gasteiger partial charge >= 0.3 is 0 Å². The second-order valence-electron chi connectivity index (χ2n) is 6.50. The SMILES string of the molecule is Cc1cc(CNC(=O)C(C)n2ccnc2C)c2[nH]c(C)c(C)c2c1. The number of carbonyl (C=O) groups excluding carboxylic acids is 1. The molecule has 0 saturated heterocycles. The first kappa shape index (κ1) is 16.3. The average molecular weight is 324 g/mol. The van der Waals surface area contributed by atoms with Crippen LogP contribution in [0.15, 0.2) is 24.5 Å². The highest BCUT2D eigenvalue weighted by Crippen LogP contribution is 2.26. The highest BCUT2D eigenvalue weighted by atomic mass is 16.2. The molecule has 3 rings (SSSR count). The maximum atomic E-state index is 12.5. The van der Waals surface area contributed by atoms with Crippen LogP contribution in [0.2, 0.25) is 0 Å². The van der Waals surface area contributed by atoms with Crippen molar-refractivity contribution in [3.8, 4) is 0 Å². The fraction of sp³-hybridized carbons (Fsp3) is 0.368. The first-order valence-corrected chi connectivity index (χ1v) is 8.24. The molecule has 1 amide bonds. The van der Waals surface area contributed by atoms with Crippen LogP contribution in [0.25, 0.3) is 10.9 Å². The molecule has 0 radical (unpaired) electrons. The number of hydrogen-bond acceptors (Lipinski definition) is 2. The van der Waals surface area contributed by atoms with E-state index in [1.54, 1.807) is 6.20 Å². The summed E-state index contributed by atoms with van der Waals surface area (Å²) in [4.78, 5) is 20.1. The summed E-state index contributed by atoms with van der Waals surface area (Å²) in [7, 11) is 0. The molecular formula is C19H24N4O. The predicted molar refractivity (Wildman–Crippen MR) is 96.0 cm³/mol. The van der Waals surface area contributed by atoms with E-state index in [-0.39, 0.29) is 11.9 Å². The van der Waals surface area contributed by atoms with Gasteiger partial charge in [-0.1, -0.05) is 11.6 Å². The average Bonchev–Trinajstić information content (AvgIpc) is 3.09. The standard InChI is InChI=1S/C19H24N4O/c1-11-8-16(18-17(9-11)12(2)13(3)22-18)10-21-19(24)14(4)23-7-6-20-15(23)5/h6-9,14,22H,10H2,1-5H3,(H,21,24). The van der Waals surface area contributed by atoms with Gasteiger partial charge in [-0.05, 0) is 51.8 Å². The molecule has 2 N–H and O–H groups in total. The third kappa shape index (κ3) is 2.82. The molecule has 0 bridgehead atoms. The number of nitrogens with one attached hydrogen (secondary N) is 2. The van der Waals surface area contributed by atoms with E-state index < -0.39 is 0 Å². The Balaban J connectivity index is 1.82. The van der Waals surface area contributed by atoms with Crippen LogP contribution in [0.5, 0.6) is 0 Å². The molecule has 0 saturated carbocycles. The minimum atomic E-state index is -0.278. The van der Waals surface area contributed by atoms with E-state index in [2.05, 4.69) is 48.2 Å². The van der Waals surface area contributed by atoms with Crippen LogP contribution in [0.3, 0.4) is 0 Å². The molecule has 2 heterocycles. The van der Waals surface area contributed by atoms with E-state index in [0.717, 1.165) is 16.9 Å². The zero-order valence-corrected chi connectivity index (χ0v) is 14.9. The molecule has 0 aliphatic carbocycles. The van der Waals surface area contributed by atoms with Gasteiger partial charge in [-0.3, -0.25) is 4.79 Å². The Morgan fingerprint density at radius 2 is 2.04 bits per heavy atom. The summed E-state index contributed by atoms with van der Waals surface area (Å²) < 4.78 is 1.88. The van der Waals surface area contributed by atoms with Gasteiger partial charge in [0, 0.05) is 30.0 Å². The first-order valence-electron chi connectivity index (χ1n) is 8.24. The van der Waals surface area contributed by atoms with Crippen molar-refractivity contribution in [2.45, 2.75) is 47.2 Å². The van der Waals surface area contributed by atoms with Crippen molar-refractivity contribution in [1.82, 2.24) is 19.9 Å². The zero-order chi connectivity index (χ0) is 17.4. The van der Waals surface area contributed by atoms with Gasteiger partial charge in [0.05, 0.1) is 5.52 Å². The van der Waals surface area contributed by atoms with Crippen LogP contribution in [0, 0.1) is 27.7 Å². The number of fused-ring (bicyclic) bond motifs is 1. The largest absolute Gasteiger partial charge is 0.358 e. The fourth-order valence-corrected chi connectivity index (χ4v) is 3.18. The lowest BCUT2D eigenvalue weighted by atomic mass is 10.0. The van der Waals surface area contributed by atoms with Gasteiger partial charge in [-0.2, -0.15) is 0 Å². The van der Waals surface area contributed by atoms with E-state index >= 15 is 0 Å². The van der Waals surface area contributed by atoms with Gasteiger partial charge in [0.15, 0.2) is 0 Å². The number of benzene rings is 1. The molecule has 5 heteroatoms. The monoisotopic (exact) mass is 324 g/mol. The highest BCUT2D eigenvalue weighted by molar-refractivity contribution is 5.88. The Kier molecular flexibility index (Phi) is 4.18. The summed E-state index contributed by atoms with van der Waals surface area (Å²) in [5.41, 5.74) is 5.87. The Hall–Kier alpha value is -2.56. The van der Waals surface area contributed by atoms with Crippen LogP contribution in [-0.4, -0.2) is 20.4 Å². The number of rotatable bonds is 4. The van der Waals surface area contributed by atoms with Crippen molar-refractivity contribution in [3.63, 3.8) is 0 Å². The molecular weight excluding hydrogens is 300 g/mol. The molecule has 126 valence electrons. The van der Waals surface area contributed by atoms with Crippen molar-refractivity contribution in [1.29, 1.82) is 0 Å². The van der Waals surface area contributed by atoms with E-state index in [4.69, 9.17) is 0 Å². The molecule has 0 fully saturated rings. The lowest BCUT2D eigenvalue weighted by molar-refractivity contribution is -0.124. The van der Waals surface area contributed by atoms with Crippen molar-refractivity contribution in [2.75, 3.05) is 0 Å². The summed E-state index contributed by atoms with van der Waals surface area (Å²) in [5.74, 6) is 0.831. The van der Waals surface area contributed by atoms with Gasteiger partial charge in [0.25, 0.3) is 0 Å². The second kappa shape index (κ2) is 6.15. The number of H-pyrrole nitrogens is 1. The lowest BCUT2D eigenvalue weighted by Gasteiger charge is -2.15. The minimum absolute atomic E-state index is 0.00856. The lowest BCUT2D eigenvalue weighted by Crippen LogP contribution is -2.30.